The maximum Gasteiger partial charge on any atom is 0.203 e. The number of anilines is 2. The molecule has 0 aromatic heterocycles. The number of para-hydroxylation sites is 2. The summed E-state index contributed by atoms with van der Waals surface area (Å²) in [4.78, 5) is 13.7. The SMILES string of the molecule is COc1cc([C@H]2Nc3ccccc3NC3=C2C(=O)C[C@H](c2ccccc2)C3)cc(OC)c1OC. The number of benzene rings is 3. The molecule has 0 saturated carbocycles. The highest BCUT2D eigenvalue weighted by Crippen LogP contribution is 2.47. The molecule has 0 radical (unpaired) electrons. The summed E-state index contributed by atoms with van der Waals surface area (Å²) in [7, 11) is 4.78. The van der Waals surface area contributed by atoms with Crippen molar-refractivity contribution in [2.24, 2.45) is 0 Å². The summed E-state index contributed by atoms with van der Waals surface area (Å²) < 4.78 is 16.7. The number of methoxy groups -OCH3 is 3. The van der Waals surface area contributed by atoms with Crippen molar-refractivity contribution in [1.29, 1.82) is 0 Å². The van der Waals surface area contributed by atoms with Crippen LogP contribution in [0.15, 0.2) is 78.0 Å². The Kier molecular flexibility index (Phi) is 5.88. The third-order valence-corrected chi connectivity index (χ3v) is 6.60. The van der Waals surface area contributed by atoms with Gasteiger partial charge >= 0.3 is 0 Å². The second-order valence-corrected chi connectivity index (χ2v) is 8.54. The van der Waals surface area contributed by atoms with E-state index < -0.39 is 0 Å². The lowest BCUT2D eigenvalue weighted by atomic mass is 9.78. The second kappa shape index (κ2) is 9.14. The number of hydrogen-bond donors (Lipinski definition) is 2. The normalized spacial score (nSPS) is 19.2. The van der Waals surface area contributed by atoms with E-state index in [9.17, 15) is 4.79 Å². The Morgan fingerprint density at radius 2 is 1.41 bits per heavy atom. The van der Waals surface area contributed by atoms with E-state index in [2.05, 4.69) is 22.8 Å². The van der Waals surface area contributed by atoms with E-state index in [-0.39, 0.29) is 17.7 Å². The van der Waals surface area contributed by atoms with Crippen molar-refractivity contribution in [3.05, 3.63) is 89.1 Å². The zero-order valence-electron chi connectivity index (χ0n) is 19.6. The van der Waals surface area contributed by atoms with Gasteiger partial charge in [-0.25, -0.2) is 0 Å². The molecule has 0 saturated heterocycles. The van der Waals surface area contributed by atoms with Crippen LogP contribution in [0.3, 0.4) is 0 Å². The van der Waals surface area contributed by atoms with Crippen LogP contribution in [0, 0.1) is 0 Å². The highest BCUT2D eigenvalue weighted by atomic mass is 16.5. The van der Waals surface area contributed by atoms with Gasteiger partial charge in [-0.3, -0.25) is 4.79 Å². The van der Waals surface area contributed by atoms with Crippen LogP contribution < -0.4 is 24.8 Å². The van der Waals surface area contributed by atoms with Crippen LogP contribution in [0.1, 0.15) is 35.9 Å². The number of carbonyl (C=O) groups excluding carboxylic acids is 1. The number of hydrogen-bond acceptors (Lipinski definition) is 6. The van der Waals surface area contributed by atoms with Crippen LogP contribution >= 0.6 is 0 Å². The Morgan fingerprint density at radius 1 is 0.765 bits per heavy atom. The fourth-order valence-corrected chi connectivity index (χ4v) is 4.97. The molecule has 0 bridgehead atoms. The molecule has 0 spiro atoms. The van der Waals surface area contributed by atoms with Crippen LogP contribution in [0.25, 0.3) is 0 Å². The Balaban J connectivity index is 1.65. The Labute approximate surface area is 199 Å². The minimum Gasteiger partial charge on any atom is -0.493 e. The number of nitrogens with one attached hydrogen (secondary N) is 2. The fourth-order valence-electron chi connectivity index (χ4n) is 4.97. The lowest BCUT2D eigenvalue weighted by molar-refractivity contribution is -0.116. The van der Waals surface area contributed by atoms with Crippen molar-refractivity contribution < 1.29 is 19.0 Å². The summed E-state index contributed by atoms with van der Waals surface area (Å²) in [5.41, 5.74) is 5.62. The molecule has 5 rings (SSSR count). The molecule has 1 heterocycles. The van der Waals surface area contributed by atoms with Gasteiger partial charge in [0.15, 0.2) is 17.3 Å². The summed E-state index contributed by atoms with van der Waals surface area (Å²) in [6, 6.07) is 21.7. The summed E-state index contributed by atoms with van der Waals surface area (Å²) >= 11 is 0. The summed E-state index contributed by atoms with van der Waals surface area (Å²) in [6.45, 7) is 0. The molecule has 1 aliphatic heterocycles. The zero-order valence-corrected chi connectivity index (χ0v) is 19.6. The van der Waals surface area contributed by atoms with Crippen molar-refractivity contribution in [1.82, 2.24) is 0 Å². The molecule has 174 valence electrons. The summed E-state index contributed by atoms with van der Waals surface area (Å²) in [6.07, 6.45) is 1.21. The Bertz CT molecular complexity index is 1230. The van der Waals surface area contributed by atoms with Crippen LogP contribution in [0.2, 0.25) is 0 Å². The number of ether oxygens (including phenoxy) is 3. The van der Waals surface area contributed by atoms with Gasteiger partial charge in [0.2, 0.25) is 5.75 Å². The summed E-state index contributed by atoms with van der Waals surface area (Å²) in [5, 5.41) is 7.19. The first-order valence-corrected chi connectivity index (χ1v) is 11.4. The van der Waals surface area contributed by atoms with Crippen molar-refractivity contribution in [3.63, 3.8) is 0 Å². The number of ketones is 1. The summed E-state index contributed by atoms with van der Waals surface area (Å²) in [5.74, 6) is 1.88. The third-order valence-electron chi connectivity index (χ3n) is 6.60. The van der Waals surface area contributed by atoms with Crippen LogP contribution in [0.4, 0.5) is 11.4 Å². The second-order valence-electron chi connectivity index (χ2n) is 8.54. The highest BCUT2D eigenvalue weighted by Gasteiger charge is 2.36. The smallest absolute Gasteiger partial charge is 0.203 e. The highest BCUT2D eigenvalue weighted by molar-refractivity contribution is 6.01. The molecular formula is C28H28N2O4. The van der Waals surface area contributed by atoms with Gasteiger partial charge in [-0.15, -0.1) is 0 Å². The maximum absolute atomic E-state index is 13.7. The molecule has 0 fully saturated rings. The predicted molar refractivity (Wildman–Crippen MR) is 133 cm³/mol. The van der Waals surface area contributed by atoms with Gasteiger partial charge in [0.25, 0.3) is 0 Å². The van der Waals surface area contributed by atoms with E-state index >= 15 is 0 Å². The van der Waals surface area contributed by atoms with E-state index in [4.69, 9.17) is 14.2 Å². The largest absolute Gasteiger partial charge is 0.493 e. The first kappa shape index (κ1) is 21.9. The van der Waals surface area contributed by atoms with Crippen molar-refractivity contribution in [2.45, 2.75) is 24.8 Å². The van der Waals surface area contributed by atoms with Crippen molar-refractivity contribution in [2.75, 3.05) is 32.0 Å². The van der Waals surface area contributed by atoms with Crippen LogP contribution in [-0.4, -0.2) is 27.1 Å². The van der Waals surface area contributed by atoms with Gasteiger partial charge in [0.1, 0.15) is 0 Å². The topological polar surface area (TPSA) is 68.8 Å². The van der Waals surface area contributed by atoms with E-state index in [1.54, 1.807) is 21.3 Å². The van der Waals surface area contributed by atoms with Crippen molar-refractivity contribution >= 4 is 17.2 Å². The quantitative estimate of drug-likeness (QED) is 0.514. The minimum absolute atomic E-state index is 0.127. The molecule has 1 aliphatic carbocycles. The van der Waals surface area contributed by atoms with Gasteiger partial charge in [-0.1, -0.05) is 42.5 Å². The minimum atomic E-state index is -0.371. The first-order valence-electron chi connectivity index (χ1n) is 11.4. The number of fused-ring (bicyclic) bond motifs is 1. The molecule has 3 aromatic carbocycles. The zero-order chi connectivity index (χ0) is 23.7. The number of allylic oxidation sites excluding steroid dienone is 1. The van der Waals surface area contributed by atoms with E-state index in [0.717, 1.165) is 34.6 Å². The Morgan fingerprint density at radius 3 is 2.06 bits per heavy atom. The molecule has 2 N–H and O–H groups in total. The average Bonchev–Trinajstić information content (AvgIpc) is 3.05. The molecule has 34 heavy (non-hydrogen) atoms. The van der Waals surface area contributed by atoms with E-state index in [0.29, 0.717) is 23.7 Å². The maximum atomic E-state index is 13.7. The fraction of sp³-hybridized carbons (Fsp3) is 0.250. The van der Waals surface area contributed by atoms with Crippen LogP contribution in [0.5, 0.6) is 17.2 Å². The standard InChI is InChI=1S/C28H28N2O4/c1-32-24-15-19(16-25(33-2)28(24)34-3)27-26-22(29-20-11-7-8-12-21(20)30-27)13-18(14-23(26)31)17-9-5-4-6-10-17/h4-12,15-16,18,27,29-30H,13-14H2,1-3H3/t18-,27-/m1/s1. The average molecular weight is 457 g/mol. The molecule has 2 atom stereocenters. The van der Waals surface area contributed by atoms with E-state index in [1.807, 2.05) is 54.6 Å². The number of rotatable bonds is 5. The number of carbonyl (C=O) groups is 1. The van der Waals surface area contributed by atoms with Gasteiger partial charge in [0.05, 0.1) is 38.7 Å². The number of Topliss-reactive ketones (excluding diaryl/α,β-unsaturated/α-hetero) is 1. The molecule has 2 aliphatic rings. The monoisotopic (exact) mass is 456 g/mol. The predicted octanol–water partition coefficient (Wildman–Crippen LogP) is 5.69. The van der Waals surface area contributed by atoms with Gasteiger partial charge in [0, 0.05) is 17.7 Å². The third kappa shape index (κ3) is 3.85. The Hall–Kier alpha value is -3.93. The molecule has 0 unspecified atom stereocenters. The lowest BCUT2D eigenvalue weighted by Gasteiger charge is -2.30. The van der Waals surface area contributed by atoms with E-state index in [1.165, 1.54) is 5.56 Å². The molecule has 0 amide bonds. The first-order chi connectivity index (χ1) is 16.6. The van der Waals surface area contributed by atoms with Gasteiger partial charge in [-0.05, 0) is 47.7 Å². The lowest BCUT2D eigenvalue weighted by Crippen LogP contribution is -2.27. The molecule has 6 heteroatoms. The van der Waals surface area contributed by atoms with Gasteiger partial charge in [-0.2, -0.15) is 0 Å². The van der Waals surface area contributed by atoms with Gasteiger partial charge < -0.3 is 24.8 Å². The molecule has 6 nitrogen and oxygen atoms in total. The molecule has 3 aromatic rings. The van der Waals surface area contributed by atoms with Crippen LogP contribution in [-0.2, 0) is 4.79 Å². The van der Waals surface area contributed by atoms with Crippen molar-refractivity contribution in [3.8, 4) is 17.2 Å². The molecular weight excluding hydrogens is 428 g/mol.